The first-order valence-corrected chi connectivity index (χ1v) is 4.90. The van der Waals surface area contributed by atoms with Gasteiger partial charge in [-0.15, -0.1) is 5.10 Å². The number of nitrogens with zero attached hydrogens (tertiary/aromatic N) is 3. The van der Waals surface area contributed by atoms with Gasteiger partial charge in [-0.1, -0.05) is 11.6 Å². The number of aryl methyl sites for hydroxylation is 1. The number of hydrogen-bond acceptors (Lipinski definition) is 3. The summed E-state index contributed by atoms with van der Waals surface area (Å²) in [5.41, 5.74) is 1.67. The largest absolute Gasteiger partial charge is 0.307 e. The second kappa shape index (κ2) is 2.32. The standard InChI is InChI=1S/C9H14N4/c1-13-5-7(11-12-13)8-9(6-10-8)3-2-4-9/h5,8,10H,2-4,6H2,1H3. The first-order valence-electron chi connectivity index (χ1n) is 4.90. The molecule has 1 atom stereocenters. The van der Waals surface area contributed by atoms with Gasteiger partial charge in [0.1, 0.15) is 5.69 Å². The smallest absolute Gasteiger partial charge is 0.100 e. The molecule has 0 amide bonds. The highest BCUT2D eigenvalue weighted by molar-refractivity contribution is 5.17. The lowest BCUT2D eigenvalue weighted by molar-refractivity contribution is -0.00780. The predicted octanol–water partition coefficient (Wildman–Crippen LogP) is 0.630. The van der Waals surface area contributed by atoms with Gasteiger partial charge in [-0.3, -0.25) is 4.68 Å². The van der Waals surface area contributed by atoms with E-state index in [2.05, 4.69) is 15.6 Å². The van der Waals surface area contributed by atoms with E-state index in [4.69, 9.17) is 0 Å². The zero-order valence-corrected chi connectivity index (χ0v) is 7.82. The summed E-state index contributed by atoms with van der Waals surface area (Å²) in [6.45, 7) is 1.17. The molecule has 1 aliphatic heterocycles. The molecule has 4 heteroatoms. The Bertz CT molecular complexity index is 321. The Morgan fingerprint density at radius 2 is 2.46 bits per heavy atom. The SMILES string of the molecule is Cn1cc(C2NCC23CCC3)nn1. The van der Waals surface area contributed by atoms with Crippen molar-refractivity contribution in [3.05, 3.63) is 11.9 Å². The van der Waals surface area contributed by atoms with E-state index < -0.39 is 0 Å². The number of rotatable bonds is 1. The molecule has 70 valence electrons. The molecule has 0 bridgehead atoms. The van der Waals surface area contributed by atoms with Crippen LogP contribution in [0.25, 0.3) is 0 Å². The Hall–Kier alpha value is -0.900. The minimum Gasteiger partial charge on any atom is -0.307 e. The van der Waals surface area contributed by atoms with Crippen molar-refractivity contribution >= 4 is 0 Å². The minimum atomic E-state index is 0.481. The fraction of sp³-hybridized carbons (Fsp3) is 0.778. The molecule has 1 spiro atoms. The molecule has 0 radical (unpaired) electrons. The summed E-state index contributed by atoms with van der Waals surface area (Å²) < 4.78 is 1.78. The van der Waals surface area contributed by atoms with Crippen molar-refractivity contribution in [1.29, 1.82) is 0 Å². The van der Waals surface area contributed by atoms with Gasteiger partial charge in [-0.05, 0) is 12.8 Å². The third-order valence-electron chi connectivity index (χ3n) is 3.54. The molecule has 1 unspecified atom stereocenters. The predicted molar refractivity (Wildman–Crippen MR) is 48.0 cm³/mol. The van der Waals surface area contributed by atoms with Crippen LogP contribution in [0.1, 0.15) is 31.0 Å². The highest BCUT2D eigenvalue weighted by atomic mass is 15.4. The summed E-state index contributed by atoms with van der Waals surface area (Å²) in [5, 5.41) is 11.6. The second-order valence-electron chi connectivity index (χ2n) is 4.35. The maximum Gasteiger partial charge on any atom is 0.100 e. The van der Waals surface area contributed by atoms with Gasteiger partial charge >= 0.3 is 0 Å². The van der Waals surface area contributed by atoms with Crippen LogP contribution in [-0.2, 0) is 7.05 Å². The number of aromatic nitrogens is 3. The molecule has 1 aromatic heterocycles. The molecule has 2 heterocycles. The van der Waals surface area contributed by atoms with Crippen LogP contribution >= 0.6 is 0 Å². The molecular formula is C9H14N4. The van der Waals surface area contributed by atoms with Crippen molar-refractivity contribution in [1.82, 2.24) is 20.3 Å². The topological polar surface area (TPSA) is 42.7 Å². The van der Waals surface area contributed by atoms with E-state index in [0.717, 1.165) is 5.69 Å². The van der Waals surface area contributed by atoms with E-state index in [1.807, 2.05) is 13.2 Å². The molecule has 2 aliphatic rings. The van der Waals surface area contributed by atoms with Crippen molar-refractivity contribution in [2.24, 2.45) is 12.5 Å². The lowest BCUT2D eigenvalue weighted by atomic mass is 9.58. The zero-order valence-electron chi connectivity index (χ0n) is 7.82. The van der Waals surface area contributed by atoms with Gasteiger partial charge in [0.2, 0.25) is 0 Å². The molecular weight excluding hydrogens is 164 g/mol. The van der Waals surface area contributed by atoms with E-state index in [1.54, 1.807) is 4.68 Å². The average molecular weight is 178 g/mol. The maximum absolute atomic E-state index is 4.17. The second-order valence-corrected chi connectivity index (χ2v) is 4.35. The van der Waals surface area contributed by atoms with Crippen LogP contribution in [0, 0.1) is 5.41 Å². The van der Waals surface area contributed by atoms with Crippen molar-refractivity contribution in [3.63, 3.8) is 0 Å². The molecule has 13 heavy (non-hydrogen) atoms. The molecule has 1 saturated carbocycles. The molecule has 1 saturated heterocycles. The maximum atomic E-state index is 4.17. The van der Waals surface area contributed by atoms with Gasteiger partial charge < -0.3 is 5.32 Å². The van der Waals surface area contributed by atoms with Crippen molar-refractivity contribution < 1.29 is 0 Å². The van der Waals surface area contributed by atoms with Gasteiger partial charge in [0, 0.05) is 25.2 Å². The quantitative estimate of drug-likeness (QED) is 0.686. The summed E-state index contributed by atoms with van der Waals surface area (Å²) in [6.07, 6.45) is 6.14. The van der Waals surface area contributed by atoms with Crippen LogP contribution in [0.5, 0.6) is 0 Å². The van der Waals surface area contributed by atoms with Gasteiger partial charge in [-0.2, -0.15) is 0 Å². The van der Waals surface area contributed by atoms with Crippen molar-refractivity contribution in [2.75, 3.05) is 6.54 Å². The Morgan fingerprint density at radius 3 is 2.85 bits per heavy atom. The van der Waals surface area contributed by atoms with Crippen LogP contribution in [0.3, 0.4) is 0 Å². The van der Waals surface area contributed by atoms with Crippen LogP contribution in [0.2, 0.25) is 0 Å². The molecule has 3 rings (SSSR count). The Morgan fingerprint density at radius 1 is 1.62 bits per heavy atom. The van der Waals surface area contributed by atoms with Crippen LogP contribution in [0.15, 0.2) is 6.20 Å². The summed E-state index contributed by atoms with van der Waals surface area (Å²) in [4.78, 5) is 0. The molecule has 0 aromatic carbocycles. The summed E-state index contributed by atoms with van der Waals surface area (Å²) in [5.74, 6) is 0. The number of hydrogen-bond donors (Lipinski definition) is 1. The van der Waals surface area contributed by atoms with E-state index in [1.165, 1.54) is 25.8 Å². The minimum absolute atomic E-state index is 0.481. The van der Waals surface area contributed by atoms with Crippen LogP contribution in [-0.4, -0.2) is 21.5 Å². The van der Waals surface area contributed by atoms with Crippen LogP contribution in [0.4, 0.5) is 0 Å². The third kappa shape index (κ3) is 0.892. The summed E-state index contributed by atoms with van der Waals surface area (Å²) >= 11 is 0. The highest BCUT2D eigenvalue weighted by Gasteiger charge is 2.52. The lowest BCUT2D eigenvalue weighted by Crippen LogP contribution is -2.59. The van der Waals surface area contributed by atoms with E-state index in [-0.39, 0.29) is 0 Å². The lowest BCUT2D eigenvalue weighted by Gasteiger charge is -2.55. The summed E-state index contributed by atoms with van der Waals surface area (Å²) in [7, 11) is 1.92. The monoisotopic (exact) mass is 178 g/mol. The van der Waals surface area contributed by atoms with E-state index in [0.29, 0.717) is 11.5 Å². The van der Waals surface area contributed by atoms with Gasteiger partial charge in [-0.25, -0.2) is 0 Å². The fourth-order valence-corrected chi connectivity index (χ4v) is 2.50. The molecule has 1 N–H and O–H groups in total. The molecule has 2 fully saturated rings. The Balaban J connectivity index is 1.86. The van der Waals surface area contributed by atoms with Crippen LogP contribution < -0.4 is 5.32 Å². The number of nitrogens with one attached hydrogen (secondary N) is 1. The van der Waals surface area contributed by atoms with Gasteiger partial charge in [0.05, 0.1) is 6.04 Å². The van der Waals surface area contributed by atoms with Gasteiger partial charge in [0.25, 0.3) is 0 Å². The Labute approximate surface area is 77.3 Å². The third-order valence-corrected chi connectivity index (χ3v) is 3.54. The first kappa shape index (κ1) is 7.50. The normalized spacial score (nSPS) is 29.8. The van der Waals surface area contributed by atoms with Crippen molar-refractivity contribution in [2.45, 2.75) is 25.3 Å². The van der Waals surface area contributed by atoms with E-state index >= 15 is 0 Å². The fourth-order valence-electron chi connectivity index (χ4n) is 2.50. The first-order chi connectivity index (χ1) is 6.30. The zero-order chi connectivity index (χ0) is 8.89. The highest BCUT2D eigenvalue weighted by Crippen LogP contribution is 2.54. The average Bonchev–Trinajstić information content (AvgIpc) is 2.30. The van der Waals surface area contributed by atoms with E-state index in [9.17, 15) is 0 Å². The van der Waals surface area contributed by atoms with Crippen molar-refractivity contribution in [3.8, 4) is 0 Å². The molecule has 1 aromatic rings. The molecule has 1 aliphatic carbocycles. The Kier molecular flexibility index (Phi) is 1.34. The summed E-state index contributed by atoms with van der Waals surface area (Å²) in [6, 6.07) is 0.481. The van der Waals surface area contributed by atoms with Gasteiger partial charge in [0.15, 0.2) is 0 Å². The molecule has 4 nitrogen and oxygen atoms in total.